The van der Waals surface area contributed by atoms with Crippen LogP contribution in [0.3, 0.4) is 0 Å². The van der Waals surface area contributed by atoms with Crippen molar-refractivity contribution in [1.29, 1.82) is 0 Å². The minimum Gasteiger partial charge on any atom is -0.359 e. The Morgan fingerprint density at radius 1 is 1.44 bits per heavy atom. The monoisotopic (exact) mass is 262 g/mol. The summed E-state index contributed by atoms with van der Waals surface area (Å²) < 4.78 is 5.44. The summed E-state index contributed by atoms with van der Waals surface area (Å²) in [6.07, 6.45) is 2.31. The molecule has 2 heterocycles. The van der Waals surface area contributed by atoms with Gasteiger partial charge < -0.3 is 9.84 Å². The Kier molecular flexibility index (Phi) is 3.10. The van der Waals surface area contributed by atoms with Crippen molar-refractivity contribution in [3.8, 4) is 11.3 Å². The highest BCUT2D eigenvalue weighted by Crippen LogP contribution is 2.31. The Hall–Kier alpha value is -1.32. The molecule has 0 bridgehead atoms. The van der Waals surface area contributed by atoms with E-state index in [1.807, 2.05) is 31.2 Å². The normalized spacial score (nSPS) is 19.3. The van der Waals surface area contributed by atoms with E-state index >= 15 is 0 Å². The smallest absolute Gasteiger partial charge is 0.154 e. The van der Waals surface area contributed by atoms with Gasteiger partial charge in [-0.15, -0.1) is 0 Å². The zero-order valence-corrected chi connectivity index (χ0v) is 11.0. The first-order valence-corrected chi connectivity index (χ1v) is 6.59. The summed E-state index contributed by atoms with van der Waals surface area (Å²) in [5, 5.41) is 8.32. The van der Waals surface area contributed by atoms with Crippen LogP contribution in [0, 0.1) is 6.92 Å². The Labute approximate surface area is 111 Å². The van der Waals surface area contributed by atoms with E-state index in [-0.39, 0.29) is 0 Å². The van der Waals surface area contributed by atoms with Gasteiger partial charge in [0.2, 0.25) is 0 Å². The molecular weight excluding hydrogens is 248 g/mol. The Morgan fingerprint density at radius 2 is 2.33 bits per heavy atom. The van der Waals surface area contributed by atoms with Crippen molar-refractivity contribution in [3.63, 3.8) is 0 Å². The van der Waals surface area contributed by atoms with Crippen LogP contribution in [0.2, 0.25) is 5.02 Å². The molecule has 0 aliphatic carbocycles. The van der Waals surface area contributed by atoms with Gasteiger partial charge in [0.15, 0.2) is 5.76 Å². The summed E-state index contributed by atoms with van der Waals surface area (Å²) in [5.41, 5.74) is 2.94. The van der Waals surface area contributed by atoms with Crippen LogP contribution in [0.5, 0.6) is 0 Å². The van der Waals surface area contributed by atoms with Crippen LogP contribution in [-0.4, -0.2) is 11.7 Å². The van der Waals surface area contributed by atoms with Gasteiger partial charge in [-0.2, -0.15) is 0 Å². The van der Waals surface area contributed by atoms with E-state index in [9.17, 15) is 0 Å². The quantitative estimate of drug-likeness (QED) is 0.896. The lowest BCUT2D eigenvalue weighted by Crippen LogP contribution is -2.11. The molecule has 1 saturated heterocycles. The molecule has 18 heavy (non-hydrogen) atoms. The van der Waals surface area contributed by atoms with E-state index < -0.39 is 0 Å². The fourth-order valence-corrected chi connectivity index (χ4v) is 2.57. The number of hydrogen-bond acceptors (Lipinski definition) is 3. The summed E-state index contributed by atoms with van der Waals surface area (Å²) in [6.45, 7) is 3.05. The highest BCUT2D eigenvalue weighted by molar-refractivity contribution is 6.31. The molecule has 1 fully saturated rings. The third kappa shape index (κ3) is 2.04. The van der Waals surface area contributed by atoms with E-state index in [1.165, 1.54) is 6.42 Å². The first kappa shape index (κ1) is 11.8. The lowest BCUT2D eigenvalue weighted by Gasteiger charge is -2.04. The minimum atomic E-state index is 0.311. The van der Waals surface area contributed by atoms with Crippen molar-refractivity contribution in [1.82, 2.24) is 10.5 Å². The van der Waals surface area contributed by atoms with Gasteiger partial charge in [0, 0.05) is 16.7 Å². The number of aromatic nitrogens is 1. The van der Waals surface area contributed by atoms with Crippen molar-refractivity contribution >= 4 is 11.6 Å². The van der Waals surface area contributed by atoms with E-state index in [0.717, 1.165) is 40.6 Å². The Morgan fingerprint density at radius 3 is 3.11 bits per heavy atom. The summed E-state index contributed by atoms with van der Waals surface area (Å²) in [6, 6.07) is 8.17. The SMILES string of the molecule is Cc1c(Cl)cccc1-c1cc([C@@H]2CCCN2)on1. The predicted molar refractivity (Wildman–Crippen MR) is 71.7 cm³/mol. The number of halogens is 1. The van der Waals surface area contributed by atoms with Gasteiger partial charge in [-0.05, 0) is 37.9 Å². The van der Waals surface area contributed by atoms with Crippen molar-refractivity contribution < 1.29 is 4.52 Å². The van der Waals surface area contributed by atoms with Crippen LogP contribution in [-0.2, 0) is 0 Å². The van der Waals surface area contributed by atoms with E-state index in [0.29, 0.717) is 6.04 Å². The summed E-state index contributed by atoms with van der Waals surface area (Å²) in [5.74, 6) is 0.918. The first-order valence-electron chi connectivity index (χ1n) is 6.21. The molecule has 1 atom stereocenters. The molecule has 3 nitrogen and oxygen atoms in total. The lowest BCUT2D eigenvalue weighted by molar-refractivity contribution is 0.353. The molecule has 1 N–H and O–H groups in total. The van der Waals surface area contributed by atoms with Crippen LogP contribution >= 0.6 is 11.6 Å². The molecule has 1 aromatic carbocycles. The molecule has 1 aliphatic rings. The molecule has 0 amide bonds. The average Bonchev–Trinajstić information content (AvgIpc) is 3.01. The minimum absolute atomic E-state index is 0.311. The zero-order chi connectivity index (χ0) is 12.5. The molecule has 0 saturated carbocycles. The third-order valence-corrected chi connectivity index (χ3v) is 3.89. The maximum absolute atomic E-state index is 6.13. The topological polar surface area (TPSA) is 38.1 Å². The van der Waals surface area contributed by atoms with Gasteiger partial charge in [0.1, 0.15) is 5.69 Å². The zero-order valence-electron chi connectivity index (χ0n) is 10.2. The van der Waals surface area contributed by atoms with Crippen LogP contribution in [0.1, 0.15) is 30.2 Å². The fourth-order valence-electron chi connectivity index (χ4n) is 2.39. The second kappa shape index (κ2) is 4.75. The Bertz CT molecular complexity index is 559. The summed E-state index contributed by atoms with van der Waals surface area (Å²) >= 11 is 6.13. The van der Waals surface area contributed by atoms with E-state index in [4.69, 9.17) is 16.1 Å². The number of nitrogens with zero attached hydrogens (tertiary/aromatic N) is 1. The average molecular weight is 263 g/mol. The predicted octanol–water partition coefficient (Wildman–Crippen LogP) is 3.73. The van der Waals surface area contributed by atoms with Crippen molar-refractivity contribution in [3.05, 3.63) is 40.6 Å². The molecular formula is C14H15ClN2O. The van der Waals surface area contributed by atoms with Crippen molar-refractivity contribution in [2.75, 3.05) is 6.54 Å². The second-order valence-electron chi connectivity index (χ2n) is 4.68. The molecule has 3 rings (SSSR count). The van der Waals surface area contributed by atoms with Gasteiger partial charge in [-0.25, -0.2) is 0 Å². The molecule has 0 radical (unpaired) electrons. The molecule has 4 heteroatoms. The molecule has 2 aromatic rings. The van der Waals surface area contributed by atoms with Gasteiger partial charge >= 0.3 is 0 Å². The first-order chi connectivity index (χ1) is 8.75. The second-order valence-corrected chi connectivity index (χ2v) is 5.08. The van der Waals surface area contributed by atoms with Crippen LogP contribution < -0.4 is 5.32 Å². The Balaban J connectivity index is 1.95. The highest BCUT2D eigenvalue weighted by Gasteiger charge is 2.21. The number of hydrogen-bond donors (Lipinski definition) is 1. The van der Waals surface area contributed by atoms with Crippen molar-refractivity contribution in [2.45, 2.75) is 25.8 Å². The summed E-state index contributed by atoms with van der Waals surface area (Å²) in [4.78, 5) is 0. The third-order valence-electron chi connectivity index (χ3n) is 3.48. The van der Waals surface area contributed by atoms with Gasteiger partial charge in [-0.3, -0.25) is 0 Å². The van der Waals surface area contributed by atoms with E-state index in [2.05, 4.69) is 10.5 Å². The number of nitrogens with one attached hydrogen (secondary N) is 1. The van der Waals surface area contributed by atoms with Gasteiger partial charge in [0.25, 0.3) is 0 Å². The largest absolute Gasteiger partial charge is 0.359 e. The lowest BCUT2D eigenvalue weighted by atomic mass is 10.0. The number of benzene rings is 1. The van der Waals surface area contributed by atoms with E-state index in [1.54, 1.807) is 0 Å². The molecule has 1 aromatic heterocycles. The van der Waals surface area contributed by atoms with Crippen molar-refractivity contribution in [2.24, 2.45) is 0 Å². The fraction of sp³-hybridized carbons (Fsp3) is 0.357. The summed E-state index contributed by atoms with van der Waals surface area (Å²) in [7, 11) is 0. The van der Waals surface area contributed by atoms with Crippen LogP contribution in [0.15, 0.2) is 28.8 Å². The standard InChI is InChI=1S/C14H15ClN2O/c1-9-10(4-2-5-11(9)15)13-8-14(18-17-13)12-6-3-7-16-12/h2,4-5,8,12,16H,3,6-7H2,1H3/t12-/m0/s1. The molecule has 0 unspecified atom stereocenters. The van der Waals surface area contributed by atoms with Gasteiger partial charge in [-0.1, -0.05) is 28.9 Å². The highest BCUT2D eigenvalue weighted by atomic mass is 35.5. The maximum Gasteiger partial charge on any atom is 0.154 e. The number of rotatable bonds is 2. The molecule has 1 aliphatic heterocycles. The van der Waals surface area contributed by atoms with Crippen LogP contribution in [0.25, 0.3) is 11.3 Å². The van der Waals surface area contributed by atoms with Crippen LogP contribution in [0.4, 0.5) is 0 Å². The van der Waals surface area contributed by atoms with Gasteiger partial charge in [0.05, 0.1) is 6.04 Å². The maximum atomic E-state index is 6.13. The molecule has 94 valence electrons. The molecule has 0 spiro atoms.